The maximum Gasteiger partial charge on any atom is 0.472 e. The molecule has 0 aromatic rings. The molecule has 396 valence electrons. The highest BCUT2D eigenvalue weighted by Gasteiger charge is 2.26. The molecule has 0 saturated carbocycles. The highest BCUT2D eigenvalue weighted by atomic mass is 31.2. The lowest BCUT2D eigenvalue weighted by molar-refractivity contribution is -0.161. The van der Waals surface area contributed by atoms with Crippen LogP contribution in [-0.2, 0) is 32.7 Å². The molecular formula is C59H102NO8P. The summed E-state index contributed by atoms with van der Waals surface area (Å²) in [6.45, 7) is 3.61. The van der Waals surface area contributed by atoms with Crippen molar-refractivity contribution in [1.82, 2.24) is 0 Å². The van der Waals surface area contributed by atoms with E-state index in [2.05, 4.69) is 111 Å². The summed E-state index contributed by atoms with van der Waals surface area (Å²) in [6.07, 6.45) is 71.6. The number of allylic oxidation sites excluding steroid dienone is 16. The zero-order chi connectivity index (χ0) is 50.2. The predicted molar refractivity (Wildman–Crippen MR) is 293 cm³/mol. The average Bonchev–Trinajstić information content (AvgIpc) is 3.34. The summed E-state index contributed by atoms with van der Waals surface area (Å²) in [7, 11) is -4.40. The molecule has 2 unspecified atom stereocenters. The minimum atomic E-state index is -4.40. The second kappa shape index (κ2) is 54.3. The summed E-state index contributed by atoms with van der Waals surface area (Å²) < 4.78 is 33.0. The number of hydrogen-bond acceptors (Lipinski definition) is 8. The van der Waals surface area contributed by atoms with E-state index < -0.39 is 26.5 Å². The van der Waals surface area contributed by atoms with Crippen molar-refractivity contribution >= 4 is 19.8 Å². The fourth-order valence-corrected chi connectivity index (χ4v) is 8.18. The summed E-state index contributed by atoms with van der Waals surface area (Å²) in [6, 6.07) is 0. The normalized spacial score (nSPS) is 13.9. The molecule has 69 heavy (non-hydrogen) atoms. The lowest BCUT2D eigenvalue weighted by Crippen LogP contribution is -2.29. The number of phosphoric ester groups is 1. The summed E-state index contributed by atoms with van der Waals surface area (Å²) in [5, 5.41) is 0. The number of phosphoric acid groups is 1. The van der Waals surface area contributed by atoms with Crippen LogP contribution in [0.3, 0.4) is 0 Å². The topological polar surface area (TPSA) is 134 Å². The van der Waals surface area contributed by atoms with Crippen LogP contribution in [0.2, 0.25) is 0 Å². The van der Waals surface area contributed by atoms with Crippen molar-refractivity contribution in [2.45, 2.75) is 238 Å². The molecule has 0 aliphatic rings. The highest BCUT2D eigenvalue weighted by molar-refractivity contribution is 7.47. The first-order valence-electron chi connectivity index (χ1n) is 27.7. The van der Waals surface area contributed by atoms with Crippen LogP contribution in [0.1, 0.15) is 232 Å². The number of ether oxygens (including phenoxy) is 2. The Hall–Kier alpha value is -3.07. The smallest absolute Gasteiger partial charge is 0.462 e. The van der Waals surface area contributed by atoms with Gasteiger partial charge in [0.2, 0.25) is 0 Å². The van der Waals surface area contributed by atoms with Crippen LogP contribution in [0.5, 0.6) is 0 Å². The Morgan fingerprint density at radius 3 is 1.19 bits per heavy atom. The number of carbonyl (C=O) groups excluding carboxylic acids is 2. The molecule has 0 aliphatic heterocycles. The van der Waals surface area contributed by atoms with Crippen LogP contribution < -0.4 is 5.73 Å². The van der Waals surface area contributed by atoms with Crippen LogP contribution in [0.25, 0.3) is 0 Å². The zero-order valence-electron chi connectivity index (χ0n) is 44.0. The number of rotatable bonds is 51. The van der Waals surface area contributed by atoms with Gasteiger partial charge in [-0.15, -0.1) is 0 Å². The van der Waals surface area contributed by atoms with Gasteiger partial charge in [0.1, 0.15) is 6.61 Å². The van der Waals surface area contributed by atoms with Gasteiger partial charge in [0, 0.05) is 19.4 Å². The first-order chi connectivity index (χ1) is 33.8. The van der Waals surface area contributed by atoms with E-state index in [1.807, 2.05) is 0 Å². The van der Waals surface area contributed by atoms with Gasteiger partial charge >= 0.3 is 19.8 Å². The molecule has 0 spiro atoms. The van der Waals surface area contributed by atoms with Gasteiger partial charge in [-0.2, -0.15) is 0 Å². The number of carbonyl (C=O) groups is 2. The van der Waals surface area contributed by atoms with Crippen molar-refractivity contribution in [3.8, 4) is 0 Å². The van der Waals surface area contributed by atoms with Gasteiger partial charge in [-0.1, -0.05) is 239 Å². The summed E-state index contributed by atoms with van der Waals surface area (Å²) >= 11 is 0. The number of esters is 2. The summed E-state index contributed by atoms with van der Waals surface area (Å²) in [5.41, 5.74) is 5.37. The molecule has 0 aromatic heterocycles. The van der Waals surface area contributed by atoms with Gasteiger partial charge in [0.05, 0.1) is 13.2 Å². The van der Waals surface area contributed by atoms with Gasteiger partial charge in [-0.25, -0.2) is 4.57 Å². The van der Waals surface area contributed by atoms with E-state index in [4.69, 9.17) is 24.3 Å². The van der Waals surface area contributed by atoms with Crippen LogP contribution >= 0.6 is 7.82 Å². The average molecular weight is 984 g/mol. The van der Waals surface area contributed by atoms with E-state index >= 15 is 0 Å². The Labute approximate surface area is 423 Å². The number of nitrogens with two attached hydrogens (primary N) is 1. The molecule has 0 radical (unpaired) electrons. The Bertz CT molecular complexity index is 1450. The lowest BCUT2D eigenvalue weighted by Gasteiger charge is -2.19. The SMILES string of the molecule is CC/C=C\C/C=C\C/C=C\C/C=C\C/C=C\C/C=C\C/C=C\C/C=C\CCCCCCC(=O)OC(COC(=O)CCCCCCCCCCCCCCCCCCCCC)COP(=O)(O)OCCN. The first-order valence-corrected chi connectivity index (χ1v) is 29.2. The molecule has 0 bridgehead atoms. The van der Waals surface area contributed by atoms with E-state index in [0.29, 0.717) is 6.42 Å². The summed E-state index contributed by atoms with van der Waals surface area (Å²) in [4.78, 5) is 35.1. The van der Waals surface area contributed by atoms with Crippen LogP contribution in [0, 0.1) is 0 Å². The van der Waals surface area contributed by atoms with Gasteiger partial charge in [-0.05, 0) is 77.0 Å². The minimum absolute atomic E-state index is 0.0450. The third-order valence-electron chi connectivity index (χ3n) is 11.5. The zero-order valence-corrected chi connectivity index (χ0v) is 44.9. The molecule has 2 atom stereocenters. The van der Waals surface area contributed by atoms with E-state index in [1.165, 1.54) is 103 Å². The molecular weight excluding hydrogens is 882 g/mol. The van der Waals surface area contributed by atoms with Crippen LogP contribution in [-0.4, -0.2) is 49.3 Å². The Morgan fingerprint density at radius 2 is 0.797 bits per heavy atom. The van der Waals surface area contributed by atoms with Crippen molar-refractivity contribution in [3.63, 3.8) is 0 Å². The van der Waals surface area contributed by atoms with E-state index in [-0.39, 0.29) is 38.6 Å². The molecule has 0 heterocycles. The predicted octanol–water partition coefficient (Wildman–Crippen LogP) is 17.3. The maximum absolute atomic E-state index is 12.7. The van der Waals surface area contributed by atoms with Crippen molar-refractivity contribution in [1.29, 1.82) is 0 Å². The van der Waals surface area contributed by atoms with E-state index in [0.717, 1.165) is 96.3 Å². The maximum atomic E-state index is 12.7. The van der Waals surface area contributed by atoms with E-state index in [9.17, 15) is 19.0 Å². The molecule has 10 heteroatoms. The van der Waals surface area contributed by atoms with Crippen LogP contribution in [0.15, 0.2) is 97.2 Å². The second-order valence-corrected chi connectivity index (χ2v) is 19.5. The van der Waals surface area contributed by atoms with Gasteiger partial charge in [0.25, 0.3) is 0 Å². The molecule has 0 rings (SSSR count). The standard InChI is InChI=1S/C59H102NO8P/c1-3-5-7-9-11-13-15-17-19-21-23-24-25-26-27-28-29-30-31-32-34-36-38-40-42-44-46-48-50-52-59(62)68-57(56-67-69(63,64)66-54-53-60)55-65-58(61)51-49-47-45-43-41-39-37-35-33-22-20-18-16-14-12-10-8-6-4-2/h5,7,11,13,17,19,23-24,26-27,29-30,32,34,38,40,57H,3-4,6,8-10,12,14-16,18,20-22,25,28,31,33,35-37,39,41-56,60H2,1-2H3,(H,63,64)/b7-5-,13-11-,19-17-,24-23-,27-26-,30-29-,34-32-,40-38-. The monoisotopic (exact) mass is 984 g/mol. The van der Waals surface area contributed by atoms with E-state index in [1.54, 1.807) is 0 Å². The fourth-order valence-electron chi connectivity index (χ4n) is 7.42. The summed E-state index contributed by atoms with van der Waals surface area (Å²) in [5.74, 6) is -0.856. The third kappa shape index (κ3) is 54.1. The largest absolute Gasteiger partial charge is 0.472 e. The Kier molecular flexibility index (Phi) is 51.9. The first kappa shape index (κ1) is 65.9. The number of unbranched alkanes of at least 4 members (excludes halogenated alkanes) is 22. The van der Waals surface area contributed by atoms with Crippen molar-refractivity contribution in [2.75, 3.05) is 26.4 Å². The van der Waals surface area contributed by atoms with Crippen molar-refractivity contribution < 1.29 is 37.6 Å². The second-order valence-electron chi connectivity index (χ2n) is 18.1. The minimum Gasteiger partial charge on any atom is -0.462 e. The lowest BCUT2D eigenvalue weighted by atomic mass is 10.0. The highest BCUT2D eigenvalue weighted by Crippen LogP contribution is 2.43. The van der Waals surface area contributed by atoms with Crippen molar-refractivity contribution in [2.24, 2.45) is 5.73 Å². The molecule has 0 aromatic carbocycles. The molecule has 0 aliphatic carbocycles. The molecule has 0 amide bonds. The van der Waals surface area contributed by atoms with Gasteiger partial charge < -0.3 is 20.1 Å². The van der Waals surface area contributed by atoms with Gasteiger partial charge in [0.15, 0.2) is 6.10 Å². The van der Waals surface area contributed by atoms with Crippen molar-refractivity contribution in [3.05, 3.63) is 97.2 Å². The number of hydrogen-bond donors (Lipinski definition) is 2. The fraction of sp³-hybridized carbons (Fsp3) is 0.695. The quantitative estimate of drug-likeness (QED) is 0.0264. The molecule has 9 nitrogen and oxygen atoms in total. The Morgan fingerprint density at radius 1 is 0.449 bits per heavy atom. The molecule has 0 fully saturated rings. The third-order valence-corrected chi connectivity index (χ3v) is 12.5. The Balaban J connectivity index is 4.10. The molecule has 0 saturated heterocycles. The molecule has 3 N–H and O–H groups in total. The van der Waals surface area contributed by atoms with Gasteiger partial charge in [-0.3, -0.25) is 18.6 Å². The van der Waals surface area contributed by atoms with Crippen LogP contribution in [0.4, 0.5) is 0 Å².